The molecule has 0 aliphatic carbocycles. The van der Waals surface area contributed by atoms with E-state index in [0.29, 0.717) is 11.3 Å². The topological polar surface area (TPSA) is 75.6 Å². The monoisotopic (exact) mass is 347 g/mol. The number of rotatable bonds is 5. The van der Waals surface area contributed by atoms with Crippen molar-refractivity contribution >= 4 is 28.9 Å². The lowest BCUT2D eigenvalue weighted by Crippen LogP contribution is -2.27. The third kappa shape index (κ3) is 5.18. The number of thiophene rings is 1. The van der Waals surface area contributed by atoms with Crippen molar-refractivity contribution in [2.45, 2.75) is 39.4 Å². The molecule has 2 rings (SSSR count). The highest BCUT2D eigenvalue weighted by Gasteiger charge is 2.18. The zero-order chi connectivity index (χ0) is 17.7. The van der Waals surface area contributed by atoms with Gasteiger partial charge in [-0.2, -0.15) is 0 Å². The van der Waals surface area contributed by atoms with E-state index in [2.05, 4.69) is 5.32 Å². The second-order valence-electron chi connectivity index (χ2n) is 6.39. The number of Topliss-reactive ketones (excluding diaryl/α,β-unsaturated/α-hetero) is 1. The Labute approximate surface area is 145 Å². The summed E-state index contributed by atoms with van der Waals surface area (Å²) in [7, 11) is 0. The van der Waals surface area contributed by atoms with E-state index in [9.17, 15) is 9.59 Å². The number of aliphatic hydroxyl groups is 1. The minimum Gasteiger partial charge on any atom is -0.444 e. The van der Waals surface area contributed by atoms with Crippen molar-refractivity contribution in [2.75, 3.05) is 5.32 Å². The summed E-state index contributed by atoms with van der Waals surface area (Å²) in [6.07, 6.45) is -0.352. The van der Waals surface area contributed by atoms with E-state index in [4.69, 9.17) is 9.84 Å². The Kier molecular flexibility index (Phi) is 5.75. The van der Waals surface area contributed by atoms with Gasteiger partial charge in [0, 0.05) is 17.4 Å². The van der Waals surface area contributed by atoms with Gasteiger partial charge in [0.25, 0.3) is 0 Å². The van der Waals surface area contributed by atoms with E-state index in [1.807, 2.05) is 5.38 Å². The van der Waals surface area contributed by atoms with Gasteiger partial charge in [-0.05, 0) is 37.3 Å². The Morgan fingerprint density at radius 1 is 1.17 bits per heavy atom. The van der Waals surface area contributed by atoms with Crippen molar-refractivity contribution in [2.24, 2.45) is 0 Å². The Balaban J connectivity index is 2.04. The molecule has 0 bridgehead atoms. The SMILES string of the molecule is CC(C)(C)OC(=O)Nc1cscc1CC(=O)c1ccc(CO)cc1. The molecule has 6 heteroatoms. The van der Waals surface area contributed by atoms with Crippen LogP contribution in [0, 0.1) is 0 Å². The van der Waals surface area contributed by atoms with Crippen LogP contribution in [0.3, 0.4) is 0 Å². The van der Waals surface area contributed by atoms with Crippen LogP contribution in [0.25, 0.3) is 0 Å². The van der Waals surface area contributed by atoms with E-state index < -0.39 is 11.7 Å². The molecule has 0 unspecified atom stereocenters. The number of benzene rings is 1. The zero-order valence-corrected chi connectivity index (χ0v) is 14.8. The van der Waals surface area contributed by atoms with Gasteiger partial charge < -0.3 is 9.84 Å². The van der Waals surface area contributed by atoms with Crippen LogP contribution in [-0.4, -0.2) is 22.6 Å². The first kappa shape index (κ1) is 18.2. The number of ketones is 1. The number of ether oxygens (including phenoxy) is 1. The maximum absolute atomic E-state index is 12.4. The summed E-state index contributed by atoms with van der Waals surface area (Å²) in [4.78, 5) is 24.2. The minimum atomic E-state index is -0.579. The molecule has 128 valence electrons. The van der Waals surface area contributed by atoms with Gasteiger partial charge in [-0.3, -0.25) is 10.1 Å². The lowest BCUT2D eigenvalue weighted by Gasteiger charge is -2.19. The standard InChI is InChI=1S/C18H21NO4S/c1-18(2,3)23-17(22)19-15-11-24-10-14(15)8-16(21)13-6-4-12(9-20)5-7-13/h4-7,10-11,20H,8-9H2,1-3H3,(H,19,22). The average molecular weight is 347 g/mol. The lowest BCUT2D eigenvalue weighted by molar-refractivity contribution is 0.0635. The summed E-state index contributed by atoms with van der Waals surface area (Å²) in [6, 6.07) is 6.84. The Hall–Kier alpha value is -2.18. The summed E-state index contributed by atoms with van der Waals surface area (Å²) >= 11 is 1.41. The van der Waals surface area contributed by atoms with E-state index in [1.54, 1.807) is 50.4 Å². The van der Waals surface area contributed by atoms with Crippen molar-refractivity contribution in [1.82, 2.24) is 0 Å². The lowest BCUT2D eigenvalue weighted by atomic mass is 10.0. The number of anilines is 1. The van der Waals surface area contributed by atoms with E-state index in [0.717, 1.165) is 11.1 Å². The first-order valence-corrected chi connectivity index (χ1v) is 8.51. The number of hydrogen-bond acceptors (Lipinski definition) is 5. The fraction of sp³-hybridized carbons (Fsp3) is 0.333. The van der Waals surface area contributed by atoms with Gasteiger partial charge in [-0.15, -0.1) is 11.3 Å². The average Bonchev–Trinajstić information content (AvgIpc) is 2.92. The molecular formula is C18H21NO4S. The molecule has 24 heavy (non-hydrogen) atoms. The van der Waals surface area contributed by atoms with Crippen molar-refractivity contribution in [3.8, 4) is 0 Å². The predicted molar refractivity (Wildman–Crippen MR) is 94.6 cm³/mol. The molecule has 0 radical (unpaired) electrons. The van der Waals surface area contributed by atoms with Gasteiger partial charge in [0.1, 0.15) is 5.60 Å². The molecule has 1 amide bonds. The predicted octanol–water partition coefficient (Wildman–Crippen LogP) is 4.01. The van der Waals surface area contributed by atoms with E-state index in [-0.39, 0.29) is 18.8 Å². The molecular weight excluding hydrogens is 326 g/mol. The van der Waals surface area contributed by atoms with Crippen LogP contribution in [0.4, 0.5) is 10.5 Å². The Morgan fingerprint density at radius 2 is 1.83 bits per heavy atom. The molecule has 0 fully saturated rings. The smallest absolute Gasteiger partial charge is 0.412 e. The highest BCUT2D eigenvalue weighted by molar-refractivity contribution is 7.08. The number of amides is 1. The quantitative estimate of drug-likeness (QED) is 0.801. The van der Waals surface area contributed by atoms with Crippen molar-refractivity contribution < 1.29 is 19.4 Å². The van der Waals surface area contributed by atoms with Crippen molar-refractivity contribution in [3.05, 3.63) is 51.7 Å². The third-order valence-electron chi connectivity index (χ3n) is 3.19. The van der Waals surface area contributed by atoms with Gasteiger partial charge in [-0.1, -0.05) is 24.3 Å². The normalized spacial score (nSPS) is 11.2. The van der Waals surface area contributed by atoms with Crippen molar-refractivity contribution in [3.63, 3.8) is 0 Å². The van der Waals surface area contributed by atoms with Gasteiger partial charge in [0.2, 0.25) is 0 Å². The molecule has 1 aromatic carbocycles. The number of aliphatic hydroxyl groups excluding tert-OH is 1. The van der Waals surface area contributed by atoms with E-state index in [1.165, 1.54) is 11.3 Å². The molecule has 5 nitrogen and oxygen atoms in total. The molecule has 0 aliphatic heterocycles. The van der Waals surface area contributed by atoms with Crippen LogP contribution < -0.4 is 5.32 Å². The van der Waals surface area contributed by atoms with Crippen LogP contribution >= 0.6 is 11.3 Å². The zero-order valence-electron chi connectivity index (χ0n) is 14.0. The summed E-state index contributed by atoms with van der Waals surface area (Å²) in [5, 5.41) is 15.3. The highest BCUT2D eigenvalue weighted by Crippen LogP contribution is 2.23. The first-order chi connectivity index (χ1) is 11.3. The molecule has 1 heterocycles. The van der Waals surface area contributed by atoms with E-state index >= 15 is 0 Å². The summed E-state index contributed by atoms with van der Waals surface area (Å²) < 4.78 is 5.23. The van der Waals surface area contributed by atoms with Crippen LogP contribution in [0.15, 0.2) is 35.0 Å². The molecule has 0 saturated carbocycles. The number of nitrogens with one attached hydrogen (secondary N) is 1. The van der Waals surface area contributed by atoms with Crippen LogP contribution in [0.2, 0.25) is 0 Å². The Bertz CT molecular complexity index is 713. The fourth-order valence-corrected chi connectivity index (χ4v) is 2.84. The summed E-state index contributed by atoms with van der Waals surface area (Å²) in [5.41, 5.74) is 2.09. The number of carbonyl (C=O) groups is 2. The van der Waals surface area contributed by atoms with Gasteiger partial charge >= 0.3 is 6.09 Å². The molecule has 2 aromatic rings. The van der Waals surface area contributed by atoms with Crippen LogP contribution in [0.1, 0.15) is 42.3 Å². The molecule has 0 spiro atoms. The first-order valence-electron chi connectivity index (χ1n) is 7.56. The molecule has 0 atom stereocenters. The minimum absolute atomic E-state index is 0.0508. The molecule has 0 saturated heterocycles. The highest BCUT2D eigenvalue weighted by atomic mass is 32.1. The third-order valence-corrected chi connectivity index (χ3v) is 3.98. The van der Waals surface area contributed by atoms with Gasteiger partial charge in [0.05, 0.1) is 12.3 Å². The van der Waals surface area contributed by atoms with Crippen LogP contribution in [-0.2, 0) is 17.8 Å². The second kappa shape index (κ2) is 7.59. The molecule has 2 N–H and O–H groups in total. The number of carbonyl (C=O) groups excluding carboxylic acids is 2. The Morgan fingerprint density at radius 3 is 2.42 bits per heavy atom. The maximum Gasteiger partial charge on any atom is 0.412 e. The van der Waals surface area contributed by atoms with Gasteiger partial charge in [0.15, 0.2) is 5.78 Å². The molecule has 0 aliphatic rings. The maximum atomic E-state index is 12.4. The summed E-state index contributed by atoms with van der Waals surface area (Å²) in [5.74, 6) is -0.0508. The van der Waals surface area contributed by atoms with Gasteiger partial charge in [-0.25, -0.2) is 4.79 Å². The van der Waals surface area contributed by atoms with Crippen molar-refractivity contribution in [1.29, 1.82) is 0 Å². The summed E-state index contributed by atoms with van der Waals surface area (Å²) in [6.45, 7) is 5.32. The molecule has 1 aromatic heterocycles. The second-order valence-corrected chi connectivity index (χ2v) is 7.14. The number of hydrogen-bond donors (Lipinski definition) is 2. The van der Waals surface area contributed by atoms with Crippen LogP contribution in [0.5, 0.6) is 0 Å². The largest absolute Gasteiger partial charge is 0.444 e. The fourth-order valence-electron chi connectivity index (χ4n) is 2.05.